The van der Waals surface area contributed by atoms with Crippen molar-refractivity contribution in [2.24, 2.45) is 0 Å². The molecule has 3 aromatic carbocycles. The van der Waals surface area contributed by atoms with Crippen LogP contribution < -0.4 is 10.0 Å². The van der Waals surface area contributed by atoms with Crippen molar-refractivity contribution in [3.63, 3.8) is 0 Å². The van der Waals surface area contributed by atoms with Crippen LogP contribution in [0.25, 0.3) is 0 Å². The Kier molecular flexibility index (Phi) is 5.82. The monoisotopic (exact) mass is 448 g/mol. The summed E-state index contributed by atoms with van der Waals surface area (Å²) >= 11 is 0. The highest BCUT2D eigenvalue weighted by Gasteiger charge is 2.51. The number of sulfonamides is 1. The zero-order valence-corrected chi connectivity index (χ0v) is 19.4. The van der Waals surface area contributed by atoms with Crippen molar-refractivity contribution in [1.82, 2.24) is 5.32 Å². The van der Waals surface area contributed by atoms with E-state index in [-0.39, 0.29) is 5.91 Å². The Bertz CT molecular complexity index is 1220. The fraction of sp³-hybridized carbons (Fsp3) is 0.269. The van der Waals surface area contributed by atoms with E-state index in [4.69, 9.17) is 0 Å². The fourth-order valence-corrected chi connectivity index (χ4v) is 5.89. The summed E-state index contributed by atoms with van der Waals surface area (Å²) in [6, 6.07) is 20.7. The summed E-state index contributed by atoms with van der Waals surface area (Å²) in [6.45, 7) is 6.06. The van der Waals surface area contributed by atoms with Crippen LogP contribution in [-0.2, 0) is 26.8 Å². The molecule has 1 saturated carbocycles. The minimum Gasteiger partial charge on any atom is -0.351 e. The predicted octanol–water partition coefficient (Wildman–Crippen LogP) is 4.76. The SMILES string of the molecule is Cc1cc(C)c(S(=O)(=O)Nc2ccc(C3(C(=O)NCc4ccccc4)CC3)cc2)c(C)c1. The van der Waals surface area contributed by atoms with Gasteiger partial charge in [-0.05, 0) is 68.0 Å². The predicted molar refractivity (Wildman–Crippen MR) is 127 cm³/mol. The maximum atomic E-state index is 13.0. The molecule has 32 heavy (non-hydrogen) atoms. The molecule has 0 saturated heterocycles. The van der Waals surface area contributed by atoms with Crippen LogP contribution in [0.2, 0.25) is 0 Å². The van der Waals surface area contributed by atoms with Gasteiger partial charge in [-0.15, -0.1) is 0 Å². The van der Waals surface area contributed by atoms with E-state index in [0.29, 0.717) is 17.1 Å². The van der Waals surface area contributed by atoms with E-state index in [1.165, 1.54) is 0 Å². The Morgan fingerprint density at radius 2 is 1.50 bits per heavy atom. The number of benzene rings is 3. The molecule has 5 nitrogen and oxygen atoms in total. The first-order valence-electron chi connectivity index (χ1n) is 10.7. The lowest BCUT2D eigenvalue weighted by Gasteiger charge is -2.17. The van der Waals surface area contributed by atoms with Gasteiger partial charge in [0.2, 0.25) is 5.91 Å². The third-order valence-corrected chi connectivity index (χ3v) is 7.73. The van der Waals surface area contributed by atoms with Crippen LogP contribution >= 0.6 is 0 Å². The molecule has 3 aromatic rings. The molecule has 4 rings (SSSR count). The summed E-state index contributed by atoms with van der Waals surface area (Å²) in [5.41, 5.74) is 4.40. The maximum Gasteiger partial charge on any atom is 0.262 e. The zero-order chi connectivity index (χ0) is 22.9. The molecule has 0 heterocycles. The standard InChI is InChI=1S/C26H28N2O3S/c1-18-15-19(2)24(20(3)16-18)32(30,31)28-23-11-9-22(10-12-23)26(13-14-26)25(29)27-17-21-7-5-4-6-8-21/h4-12,15-16,28H,13-14,17H2,1-3H3,(H,27,29). The van der Waals surface area contributed by atoms with Gasteiger partial charge in [-0.2, -0.15) is 0 Å². The van der Waals surface area contributed by atoms with Gasteiger partial charge in [0.25, 0.3) is 10.0 Å². The summed E-state index contributed by atoms with van der Waals surface area (Å²) in [4.78, 5) is 13.2. The van der Waals surface area contributed by atoms with Crippen LogP contribution in [0.3, 0.4) is 0 Å². The van der Waals surface area contributed by atoms with E-state index in [0.717, 1.165) is 40.7 Å². The number of anilines is 1. The van der Waals surface area contributed by atoms with Crippen molar-refractivity contribution >= 4 is 21.6 Å². The summed E-state index contributed by atoms with van der Waals surface area (Å²) in [5.74, 6) is 0.0144. The largest absolute Gasteiger partial charge is 0.351 e. The molecule has 166 valence electrons. The third kappa shape index (κ3) is 4.41. The molecule has 1 aliphatic carbocycles. The fourth-order valence-electron chi connectivity index (χ4n) is 4.37. The number of carbonyl (C=O) groups excluding carboxylic acids is 1. The van der Waals surface area contributed by atoms with Crippen molar-refractivity contribution in [3.8, 4) is 0 Å². The van der Waals surface area contributed by atoms with Crippen molar-refractivity contribution in [2.45, 2.75) is 50.5 Å². The van der Waals surface area contributed by atoms with E-state index in [1.807, 2.05) is 75.4 Å². The average Bonchev–Trinajstić information content (AvgIpc) is 3.54. The Morgan fingerprint density at radius 3 is 2.06 bits per heavy atom. The van der Waals surface area contributed by atoms with Gasteiger partial charge in [-0.1, -0.05) is 60.2 Å². The van der Waals surface area contributed by atoms with Crippen LogP contribution in [0.4, 0.5) is 5.69 Å². The molecular formula is C26H28N2O3S. The highest BCUT2D eigenvalue weighted by atomic mass is 32.2. The summed E-state index contributed by atoms with van der Waals surface area (Å²) in [7, 11) is -3.71. The second kappa shape index (κ2) is 8.43. The first kappa shape index (κ1) is 22.1. The van der Waals surface area contributed by atoms with Gasteiger partial charge in [0.1, 0.15) is 0 Å². The topological polar surface area (TPSA) is 75.3 Å². The van der Waals surface area contributed by atoms with Crippen LogP contribution in [0.5, 0.6) is 0 Å². The summed E-state index contributed by atoms with van der Waals surface area (Å²) < 4.78 is 28.7. The van der Waals surface area contributed by atoms with Gasteiger partial charge < -0.3 is 5.32 Å². The molecule has 0 atom stereocenters. The van der Waals surface area contributed by atoms with Gasteiger partial charge >= 0.3 is 0 Å². The Labute approximate surface area is 189 Å². The number of aryl methyl sites for hydroxylation is 3. The molecule has 6 heteroatoms. The second-order valence-electron chi connectivity index (χ2n) is 8.66. The highest BCUT2D eigenvalue weighted by Crippen LogP contribution is 2.48. The van der Waals surface area contributed by atoms with Gasteiger partial charge in [0, 0.05) is 12.2 Å². The highest BCUT2D eigenvalue weighted by molar-refractivity contribution is 7.92. The van der Waals surface area contributed by atoms with Gasteiger partial charge in [0.15, 0.2) is 0 Å². The number of nitrogens with one attached hydrogen (secondary N) is 2. The average molecular weight is 449 g/mol. The molecule has 0 aromatic heterocycles. The number of rotatable bonds is 7. The van der Waals surface area contributed by atoms with Crippen LogP contribution in [0.15, 0.2) is 71.6 Å². The first-order chi connectivity index (χ1) is 15.2. The van der Waals surface area contributed by atoms with Crippen molar-refractivity contribution in [2.75, 3.05) is 4.72 Å². The Morgan fingerprint density at radius 1 is 0.906 bits per heavy atom. The molecule has 1 amide bonds. The molecule has 2 N–H and O–H groups in total. The normalized spacial score (nSPS) is 14.6. The lowest BCUT2D eigenvalue weighted by atomic mass is 9.94. The van der Waals surface area contributed by atoms with E-state index >= 15 is 0 Å². The second-order valence-corrected chi connectivity index (χ2v) is 10.3. The molecule has 0 unspecified atom stereocenters. The van der Waals surface area contributed by atoms with Gasteiger partial charge in [-0.3, -0.25) is 9.52 Å². The van der Waals surface area contributed by atoms with Gasteiger partial charge in [-0.25, -0.2) is 8.42 Å². The number of carbonyl (C=O) groups is 1. The smallest absolute Gasteiger partial charge is 0.262 e. The maximum absolute atomic E-state index is 13.0. The number of hydrogen-bond acceptors (Lipinski definition) is 3. The van der Waals surface area contributed by atoms with Crippen molar-refractivity contribution in [1.29, 1.82) is 0 Å². The third-order valence-electron chi connectivity index (χ3n) is 6.04. The molecule has 1 aliphatic rings. The molecular weight excluding hydrogens is 420 g/mol. The van der Waals surface area contributed by atoms with Crippen molar-refractivity contribution in [3.05, 3.63) is 94.5 Å². The molecule has 0 spiro atoms. The molecule has 1 fully saturated rings. The lowest BCUT2D eigenvalue weighted by molar-refractivity contribution is -0.123. The van der Waals surface area contributed by atoms with E-state index in [1.54, 1.807) is 12.1 Å². The Hall–Kier alpha value is -3.12. The van der Waals surface area contributed by atoms with E-state index in [9.17, 15) is 13.2 Å². The number of hydrogen-bond donors (Lipinski definition) is 2. The summed E-state index contributed by atoms with van der Waals surface area (Å²) in [6.07, 6.45) is 1.58. The van der Waals surface area contributed by atoms with E-state index in [2.05, 4.69) is 10.0 Å². The van der Waals surface area contributed by atoms with Crippen LogP contribution in [0.1, 0.15) is 40.7 Å². The molecule has 0 radical (unpaired) electrons. The van der Waals surface area contributed by atoms with Crippen LogP contribution in [0, 0.1) is 20.8 Å². The molecule has 0 bridgehead atoms. The first-order valence-corrected chi connectivity index (χ1v) is 12.2. The quantitative estimate of drug-likeness (QED) is 0.547. The summed E-state index contributed by atoms with van der Waals surface area (Å²) in [5, 5.41) is 3.04. The zero-order valence-electron chi connectivity index (χ0n) is 18.6. The van der Waals surface area contributed by atoms with Gasteiger partial charge in [0.05, 0.1) is 10.3 Å². The minimum atomic E-state index is -3.71. The lowest BCUT2D eigenvalue weighted by Crippen LogP contribution is -2.34. The number of amides is 1. The van der Waals surface area contributed by atoms with Crippen molar-refractivity contribution < 1.29 is 13.2 Å². The Balaban J connectivity index is 1.48. The minimum absolute atomic E-state index is 0.0144. The van der Waals surface area contributed by atoms with Crippen LogP contribution in [-0.4, -0.2) is 14.3 Å². The van der Waals surface area contributed by atoms with E-state index < -0.39 is 15.4 Å². The molecule has 0 aliphatic heterocycles.